The number of hydrogen-bond acceptors (Lipinski definition) is 6. The first-order valence-electron chi connectivity index (χ1n) is 15.6. The maximum absolute atomic E-state index is 13.4. The van der Waals surface area contributed by atoms with Crippen LogP contribution in [0.15, 0.2) is 89.3 Å². The van der Waals surface area contributed by atoms with Gasteiger partial charge >= 0.3 is 0 Å². The van der Waals surface area contributed by atoms with E-state index in [2.05, 4.69) is 80.8 Å². The van der Waals surface area contributed by atoms with Gasteiger partial charge < -0.3 is 24.9 Å². The molecule has 44 heavy (non-hydrogen) atoms. The molecule has 0 unspecified atom stereocenters. The fourth-order valence-electron chi connectivity index (χ4n) is 6.25. The Morgan fingerprint density at radius 1 is 0.750 bits per heavy atom. The molecule has 3 heterocycles. The van der Waals surface area contributed by atoms with Crippen LogP contribution in [0.25, 0.3) is 0 Å². The first kappa shape index (κ1) is 29.5. The van der Waals surface area contributed by atoms with Crippen LogP contribution in [0.4, 0.5) is 17.1 Å². The van der Waals surface area contributed by atoms with E-state index in [1.54, 1.807) is 18.2 Å². The average Bonchev–Trinajstić information content (AvgIpc) is 3.49. The summed E-state index contributed by atoms with van der Waals surface area (Å²) in [5.41, 5.74) is 5.87. The van der Waals surface area contributed by atoms with Crippen LogP contribution in [0.3, 0.4) is 0 Å². The van der Waals surface area contributed by atoms with Crippen LogP contribution in [0, 0.1) is 13.8 Å². The summed E-state index contributed by atoms with van der Waals surface area (Å²) >= 11 is 0. The number of likely N-dealkylation sites (tertiary alicyclic amines) is 1. The second-order valence-electron chi connectivity index (χ2n) is 11.9. The highest BCUT2D eigenvalue weighted by molar-refractivity contribution is 6.05. The van der Waals surface area contributed by atoms with Crippen molar-refractivity contribution < 1.29 is 14.0 Å². The summed E-state index contributed by atoms with van der Waals surface area (Å²) in [7, 11) is 0. The highest BCUT2D eigenvalue weighted by atomic mass is 16.3. The molecule has 4 aromatic rings. The van der Waals surface area contributed by atoms with E-state index in [1.807, 2.05) is 25.1 Å². The molecule has 0 aliphatic carbocycles. The van der Waals surface area contributed by atoms with Gasteiger partial charge in [0.25, 0.3) is 11.8 Å². The molecule has 8 nitrogen and oxygen atoms in total. The lowest BCUT2D eigenvalue weighted by Crippen LogP contribution is -2.47. The Morgan fingerprint density at radius 3 is 2.11 bits per heavy atom. The van der Waals surface area contributed by atoms with Gasteiger partial charge in [-0.2, -0.15) is 0 Å². The first-order valence-corrected chi connectivity index (χ1v) is 15.6. The number of anilines is 3. The molecule has 3 aromatic carbocycles. The Labute approximate surface area is 259 Å². The number of nitrogens with zero attached hydrogens (tertiary/aromatic N) is 3. The monoisotopic (exact) mass is 591 g/mol. The molecule has 2 amide bonds. The summed E-state index contributed by atoms with van der Waals surface area (Å²) < 4.78 is 5.59. The number of nitrogens with one attached hydrogen (secondary N) is 2. The molecule has 8 heteroatoms. The maximum atomic E-state index is 13.4. The van der Waals surface area contributed by atoms with Crippen molar-refractivity contribution in [3.05, 3.63) is 113 Å². The predicted octanol–water partition coefficient (Wildman–Crippen LogP) is 5.87. The number of benzene rings is 3. The summed E-state index contributed by atoms with van der Waals surface area (Å²) in [4.78, 5) is 33.7. The summed E-state index contributed by atoms with van der Waals surface area (Å²) in [5.74, 6) is 0.466. The van der Waals surface area contributed by atoms with E-state index in [0.717, 1.165) is 64.3 Å². The SMILES string of the molecule is Cc1ccc(C(=O)Nc2cc(C(=O)NC3CCN(Cc4ccccc4)CC3)ccc2N2CCN(c3ccccc3C)CC2)o1. The quantitative estimate of drug-likeness (QED) is 0.267. The molecule has 2 fully saturated rings. The van der Waals surface area contributed by atoms with E-state index in [1.165, 1.54) is 16.8 Å². The van der Waals surface area contributed by atoms with E-state index in [4.69, 9.17) is 4.42 Å². The van der Waals surface area contributed by atoms with E-state index in [0.29, 0.717) is 17.0 Å². The normalized spacial score (nSPS) is 16.1. The van der Waals surface area contributed by atoms with E-state index >= 15 is 0 Å². The smallest absolute Gasteiger partial charge is 0.291 e. The molecule has 0 radical (unpaired) electrons. The van der Waals surface area contributed by atoms with Gasteiger partial charge in [-0.05, 0) is 74.2 Å². The van der Waals surface area contributed by atoms with Crippen molar-refractivity contribution in [1.82, 2.24) is 10.2 Å². The zero-order valence-electron chi connectivity index (χ0n) is 25.6. The summed E-state index contributed by atoms with van der Waals surface area (Å²) in [6.07, 6.45) is 1.81. The van der Waals surface area contributed by atoms with Gasteiger partial charge in [-0.25, -0.2) is 0 Å². The van der Waals surface area contributed by atoms with Gasteiger partial charge in [-0.1, -0.05) is 48.5 Å². The van der Waals surface area contributed by atoms with Crippen molar-refractivity contribution in [2.45, 2.75) is 39.3 Å². The number of piperidine rings is 1. The number of para-hydroxylation sites is 1. The minimum atomic E-state index is -0.332. The molecule has 0 atom stereocenters. The number of carbonyl (C=O) groups excluding carboxylic acids is 2. The Kier molecular flexibility index (Phi) is 8.98. The van der Waals surface area contributed by atoms with Gasteiger partial charge in [-0.3, -0.25) is 14.5 Å². The largest absolute Gasteiger partial charge is 0.456 e. The Bertz CT molecular complexity index is 1580. The van der Waals surface area contributed by atoms with Crippen LogP contribution in [0.5, 0.6) is 0 Å². The predicted molar refractivity (Wildman–Crippen MR) is 176 cm³/mol. The van der Waals surface area contributed by atoms with Gasteiger partial charge in [-0.15, -0.1) is 0 Å². The number of amides is 2. The zero-order valence-corrected chi connectivity index (χ0v) is 25.6. The van der Waals surface area contributed by atoms with Crippen molar-refractivity contribution in [2.24, 2.45) is 0 Å². The minimum Gasteiger partial charge on any atom is -0.456 e. The average molecular weight is 592 g/mol. The third kappa shape index (κ3) is 6.97. The molecule has 6 rings (SSSR count). The second-order valence-corrected chi connectivity index (χ2v) is 11.9. The van der Waals surface area contributed by atoms with E-state index < -0.39 is 0 Å². The fraction of sp³-hybridized carbons (Fsp3) is 0.333. The van der Waals surface area contributed by atoms with Crippen molar-refractivity contribution in [1.29, 1.82) is 0 Å². The zero-order chi connectivity index (χ0) is 30.5. The molecule has 2 aliphatic heterocycles. The third-order valence-electron chi connectivity index (χ3n) is 8.72. The van der Waals surface area contributed by atoms with Gasteiger partial charge in [0.05, 0.1) is 11.4 Å². The summed E-state index contributed by atoms with van der Waals surface area (Å²) in [6, 6.07) is 28.2. The van der Waals surface area contributed by atoms with E-state index in [9.17, 15) is 9.59 Å². The Hall–Kier alpha value is -4.56. The minimum absolute atomic E-state index is 0.118. The molecule has 228 valence electrons. The molecule has 0 spiro atoms. The number of rotatable bonds is 8. The van der Waals surface area contributed by atoms with Crippen LogP contribution < -0.4 is 20.4 Å². The lowest BCUT2D eigenvalue weighted by molar-refractivity contribution is 0.0908. The summed E-state index contributed by atoms with van der Waals surface area (Å²) in [6.45, 7) is 10.1. The van der Waals surface area contributed by atoms with Crippen LogP contribution in [0.1, 0.15) is 50.6 Å². The van der Waals surface area contributed by atoms with Crippen LogP contribution in [-0.2, 0) is 6.54 Å². The Balaban J connectivity index is 1.14. The van der Waals surface area contributed by atoms with Crippen molar-refractivity contribution in [2.75, 3.05) is 54.4 Å². The van der Waals surface area contributed by atoms with Crippen LogP contribution >= 0.6 is 0 Å². The molecule has 0 saturated carbocycles. The maximum Gasteiger partial charge on any atom is 0.291 e. The molecule has 2 aliphatic rings. The third-order valence-corrected chi connectivity index (χ3v) is 8.72. The fourth-order valence-corrected chi connectivity index (χ4v) is 6.25. The van der Waals surface area contributed by atoms with Crippen LogP contribution in [-0.4, -0.2) is 62.0 Å². The van der Waals surface area contributed by atoms with Gasteiger partial charge in [0.1, 0.15) is 5.76 Å². The number of aryl methyl sites for hydroxylation is 2. The van der Waals surface area contributed by atoms with Crippen molar-refractivity contribution in [3.8, 4) is 0 Å². The lowest BCUT2D eigenvalue weighted by atomic mass is 10.0. The molecule has 0 bridgehead atoms. The summed E-state index contributed by atoms with van der Waals surface area (Å²) in [5, 5.41) is 6.29. The lowest BCUT2D eigenvalue weighted by Gasteiger charge is -2.38. The molecule has 1 aromatic heterocycles. The highest BCUT2D eigenvalue weighted by Crippen LogP contribution is 2.31. The standard InChI is InChI=1S/C36H41N5O3/c1-26-8-6-7-11-32(26)40-20-22-41(23-21-40)33-14-13-29(24-31(33)38-36(43)34-15-12-27(2)44-34)35(42)37-30-16-18-39(19-17-30)25-28-9-4-3-5-10-28/h3-15,24,30H,16-23,25H2,1-2H3,(H,37,42)(H,38,43). The highest BCUT2D eigenvalue weighted by Gasteiger charge is 2.25. The van der Waals surface area contributed by atoms with Gasteiger partial charge in [0, 0.05) is 63.1 Å². The van der Waals surface area contributed by atoms with Gasteiger partial charge in [0.2, 0.25) is 0 Å². The van der Waals surface area contributed by atoms with Gasteiger partial charge in [0.15, 0.2) is 5.76 Å². The second kappa shape index (κ2) is 13.4. The van der Waals surface area contributed by atoms with E-state index in [-0.39, 0.29) is 23.6 Å². The Morgan fingerprint density at radius 2 is 1.43 bits per heavy atom. The topological polar surface area (TPSA) is 81.1 Å². The first-order chi connectivity index (χ1) is 21.4. The van der Waals surface area contributed by atoms with Crippen molar-refractivity contribution in [3.63, 3.8) is 0 Å². The number of piperazine rings is 1. The molecular formula is C36H41N5O3. The molecular weight excluding hydrogens is 550 g/mol. The van der Waals surface area contributed by atoms with Crippen LogP contribution in [0.2, 0.25) is 0 Å². The number of carbonyl (C=O) groups is 2. The number of hydrogen-bond donors (Lipinski definition) is 2. The number of furan rings is 1. The molecule has 2 saturated heterocycles. The molecule has 2 N–H and O–H groups in total. The van der Waals surface area contributed by atoms with Crippen molar-refractivity contribution >= 4 is 28.9 Å².